The molecule has 0 aliphatic carbocycles. The van der Waals surface area contributed by atoms with Crippen LogP contribution in [0.3, 0.4) is 0 Å². The highest BCUT2D eigenvalue weighted by molar-refractivity contribution is 5.91. The highest BCUT2D eigenvalue weighted by Crippen LogP contribution is 2.28. The largest absolute Gasteiger partial charge is 0.404 e. The Hall–Kier alpha value is -4.26. The first-order valence-electron chi connectivity index (χ1n) is 10.8. The minimum absolute atomic E-state index is 0.0316. The van der Waals surface area contributed by atoms with E-state index in [0.29, 0.717) is 16.9 Å². The molecule has 33 heavy (non-hydrogen) atoms. The highest BCUT2D eigenvalue weighted by atomic mass is 16.6. The van der Waals surface area contributed by atoms with Gasteiger partial charge in [0, 0.05) is 23.8 Å². The summed E-state index contributed by atoms with van der Waals surface area (Å²) in [6.07, 6.45) is 3.18. The van der Waals surface area contributed by atoms with Crippen molar-refractivity contribution >= 4 is 11.7 Å². The summed E-state index contributed by atoms with van der Waals surface area (Å²) < 4.78 is 7.19. The Bertz CT molecular complexity index is 1250. The number of benzene rings is 3. The minimum atomic E-state index is -0.500. The fourth-order valence-electron chi connectivity index (χ4n) is 3.43. The van der Waals surface area contributed by atoms with Gasteiger partial charge in [0.15, 0.2) is 0 Å². The molecule has 166 valence electrons. The molecule has 0 unspecified atom stereocenters. The quantitative estimate of drug-likeness (QED) is 0.190. The average molecular weight is 441 g/mol. The molecule has 0 amide bonds. The van der Waals surface area contributed by atoms with E-state index in [2.05, 4.69) is 12.0 Å². The number of hydrogen-bond acceptors (Lipinski definition) is 5. The van der Waals surface area contributed by atoms with Crippen molar-refractivity contribution in [3.63, 3.8) is 0 Å². The number of nitrogens with zero attached hydrogens (tertiary/aromatic N) is 3. The predicted octanol–water partition coefficient (Wildman–Crippen LogP) is 6.01. The summed E-state index contributed by atoms with van der Waals surface area (Å²) in [6.45, 7) is 2.14. The molecule has 0 spiro atoms. The van der Waals surface area contributed by atoms with Crippen molar-refractivity contribution < 1.29 is 14.5 Å². The van der Waals surface area contributed by atoms with E-state index in [9.17, 15) is 14.9 Å². The number of carbonyl (C=O) groups is 1. The summed E-state index contributed by atoms with van der Waals surface area (Å²) in [5.41, 5.74) is 3.60. The maximum atomic E-state index is 12.9. The van der Waals surface area contributed by atoms with Gasteiger partial charge in [0.05, 0.1) is 21.9 Å². The molecule has 0 saturated heterocycles. The summed E-state index contributed by atoms with van der Waals surface area (Å²) in [5, 5.41) is 15.6. The van der Waals surface area contributed by atoms with Gasteiger partial charge in [0.25, 0.3) is 5.69 Å². The molecule has 0 aliphatic rings. The van der Waals surface area contributed by atoms with Gasteiger partial charge in [-0.05, 0) is 42.7 Å². The Morgan fingerprint density at radius 1 is 1.00 bits per heavy atom. The van der Waals surface area contributed by atoms with Crippen molar-refractivity contribution in [3.8, 4) is 22.8 Å². The molecular formula is C26H23N3O4. The van der Waals surface area contributed by atoms with E-state index >= 15 is 0 Å². The lowest BCUT2D eigenvalue weighted by atomic mass is 10.1. The van der Waals surface area contributed by atoms with E-state index in [1.54, 1.807) is 30.3 Å². The first kappa shape index (κ1) is 22.0. The van der Waals surface area contributed by atoms with Gasteiger partial charge < -0.3 is 4.74 Å². The second kappa shape index (κ2) is 9.91. The number of non-ortho nitro benzene ring substituents is 1. The lowest BCUT2D eigenvalue weighted by Crippen LogP contribution is -2.12. The van der Waals surface area contributed by atoms with Crippen LogP contribution < -0.4 is 4.74 Å². The number of aromatic nitrogens is 2. The second-order valence-corrected chi connectivity index (χ2v) is 7.61. The van der Waals surface area contributed by atoms with Crippen LogP contribution in [0.25, 0.3) is 16.9 Å². The van der Waals surface area contributed by atoms with Crippen LogP contribution >= 0.6 is 0 Å². The first-order chi connectivity index (χ1) is 16.0. The summed E-state index contributed by atoms with van der Waals surface area (Å²) in [6, 6.07) is 24.5. The van der Waals surface area contributed by atoms with Gasteiger partial charge in [-0.3, -0.25) is 10.1 Å². The summed E-state index contributed by atoms with van der Waals surface area (Å²) in [7, 11) is 0. The molecule has 0 N–H and O–H groups in total. The van der Waals surface area contributed by atoms with Gasteiger partial charge in [0.2, 0.25) is 5.88 Å². The molecule has 0 atom stereocenters. The maximum Gasteiger partial charge on any atom is 0.344 e. The van der Waals surface area contributed by atoms with Crippen LogP contribution in [-0.4, -0.2) is 20.7 Å². The zero-order valence-corrected chi connectivity index (χ0v) is 18.2. The van der Waals surface area contributed by atoms with Crippen LogP contribution in [0.15, 0.2) is 84.9 Å². The SMILES string of the molecule is CCCCc1ccc(C(=O)Oc2cc(-c3ccccc3)nn2-c2ccc([N+](=O)[O-])cc2)cc1. The van der Waals surface area contributed by atoms with Gasteiger partial charge in [-0.2, -0.15) is 9.78 Å². The minimum Gasteiger partial charge on any atom is -0.404 e. The third-order valence-electron chi connectivity index (χ3n) is 5.26. The van der Waals surface area contributed by atoms with E-state index in [-0.39, 0.29) is 11.6 Å². The molecule has 1 heterocycles. The molecular weight excluding hydrogens is 418 g/mol. The first-order valence-corrected chi connectivity index (χ1v) is 10.8. The standard InChI is InChI=1S/C26H23N3O4/c1-2-3-7-19-10-12-21(13-11-19)26(30)33-25-18-24(20-8-5-4-6-9-20)27-28(25)22-14-16-23(17-15-22)29(31)32/h4-6,8-18H,2-3,7H2,1H3. The van der Waals surface area contributed by atoms with E-state index in [0.717, 1.165) is 24.8 Å². The van der Waals surface area contributed by atoms with Crippen molar-refractivity contribution in [2.75, 3.05) is 0 Å². The third-order valence-corrected chi connectivity index (χ3v) is 5.26. The molecule has 1 aromatic heterocycles. The summed E-state index contributed by atoms with van der Waals surface area (Å²) >= 11 is 0. The van der Waals surface area contributed by atoms with Gasteiger partial charge in [-0.1, -0.05) is 55.8 Å². The zero-order chi connectivity index (χ0) is 23.2. The summed E-state index contributed by atoms with van der Waals surface area (Å²) in [4.78, 5) is 23.4. The van der Waals surface area contributed by atoms with Crippen LogP contribution in [0.2, 0.25) is 0 Å². The number of unbranched alkanes of at least 4 members (excludes halogenated alkanes) is 1. The Balaban J connectivity index is 1.65. The monoisotopic (exact) mass is 441 g/mol. The zero-order valence-electron chi connectivity index (χ0n) is 18.2. The Labute approximate surface area is 191 Å². The normalized spacial score (nSPS) is 10.7. The molecule has 0 fully saturated rings. The highest BCUT2D eigenvalue weighted by Gasteiger charge is 2.18. The summed E-state index contributed by atoms with van der Waals surface area (Å²) in [5.74, 6) is -0.275. The van der Waals surface area contributed by atoms with E-state index in [1.807, 2.05) is 42.5 Å². The third kappa shape index (κ3) is 5.15. The Kier molecular flexibility index (Phi) is 6.59. The Morgan fingerprint density at radius 3 is 2.33 bits per heavy atom. The number of nitro benzene ring substituents is 1. The molecule has 7 heteroatoms. The van der Waals surface area contributed by atoms with E-state index in [4.69, 9.17) is 4.74 Å². The van der Waals surface area contributed by atoms with Crippen molar-refractivity contribution in [1.82, 2.24) is 9.78 Å². The van der Waals surface area contributed by atoms with E-state index < -0.39 is 10.9 Å². The van der Waals surface area contributed by atoms with Gasteiger partial charge in [-0.25, -0.2) is 4.79 Å². The van der Waals surface area contributed by atoms with Gasteiger partial charge in [-0.15, -0.1) is 0 Å². The smallest absolute Gasteiger partial charge is 0.344 e. The van der Waals surface area contributed by atoms with Crippen molar-refractivity contribution in [3.05, 3.63) is 106 Å². The van der Waals surface area contributed by atoms with Crippen molar-refractivity contribution in [1.29, 1.82) is 0 Å². The molecule has 3 aromatic carbocycles. The topological polar surface area (TPSA) is 87.3 Å². The lowest BCUT2D eigenvalue weighted by Gasteiger charge is -2.08. The molecule has 4 aromatic rings. The van der Waals surface area contributed by atoms with Crippen molar-refractivity contribution in [2.24, 2.45) is 0 Å². The lowest BCUT2D eigenvalue weighted by molar-refractivity contribution is -0.384. The Morgan fingerprint density at radius 2 is 1.70 bits per heavy atom. The van der Waals surface area contributed by atoms with Crippen LogP contribution in [0.5, 0.6) is 5.88 Å². The van der Waals surface area contributed by atoms with Crippen LogP contribution in [0, 0.1) is 10.1 Å². The van der Waals surface area contributed by atoms with Gasteiger partial charge in [0.1, 0.15) is 0 Å². The maximum absolute atomic E-state index is 12.9. The van der Waals surface area contributed by atoms with Gasteiger partial charge >= 0.3 is 5.97 Å². The molecule has 7 nitrogen and oxygen atoms in total. The van der Waals surface area contributed by atoms with E-state index in [1.165, 1.54) is 22.4 Å². The fraction of sp³-hybridized carbons (Fsp3) is 0.154. The second-order valence-electron chi connectivity index (χ2n) is 7.61. The number of ether oxygens (including phenoxy) is 1. The number of carbonyl (C=O) groups excluding carboxylic acids is 1. The number of aryl methyl sites for hydroxylation is 1. The van der Waals surface area contributed by atoms with Crippen LogP contribution in [-0.2, 0) is 6.42 Å². The van der Waals surface area contributed by atoms with Crippen LogP contribution in [0.4, 0.5) is 5.69 Å². The molecule has 4 rings (SSSR count). The average Bonchev–Trinajstić information content (AvgIpc) is 3.27. The molecule has 0 bridgehead atoms. The molecule has 0 aliphatic heterocycles. The number of hydrogen-bond donors (Lipinski definition) is 0. The van der Waals surface area contributed by atoms with Crippen molar-refractivity contribution in [2.45, 2.75) is 26.2 Å². The number of nitro groups is 1. The molecule has 0 saturated carbocycles. The number of rotatable bonds is 8. The van der Waals surface area contributed by atoms with Crippen LogP contribution in [0.1, 0.15) is 35.7 Å². The number of esters is 1. The molecule has 0 radical (unpaired) electrons. The predicted molar refractivity (Wildman–Crippen MR) is 126 cm³/mol. The fourth-order valence-corrected chi connectivity index (χ4v) is 3.43.